The first kappa shape index (κ1) is 19.9. The summed E-state index contributed by atoms with van der Waals surface area (Å²) < 4.78 is 2.06. The molecule has 0 spiro atoms. The third-order valence-electron chi connectivity index (χ3n) is 4.64. The lowest BCUT2D eigenvalue weighted by molar-refractivity contribution is -0.118. The fraction of sp³-hybridized carbons (Fsp3) is 0.0909. The molecule has 1 amide bonds. The minimum atomic E-state index is -0.596. The van der Waals surface area contributed by atoms with Crippen LogP contribution in [0.3, 0.4) is 0 Å². The second kappa shape index (κ2) is 8.56. The Hall–Kier alpha value is -3.36. The Bertz CT molecular complexity index is 1240. The van der Waals surface area contributed by atoms with Gasteiger partial charge in [-0.15, -0.1) is 11.3 Å². The summed E-state index contributed by atoms with van der Waals surface area (Å²) in [5, 5.41) is 11.9. The molecule has 4 rings (SSSR count). The Balaban J connectivity index is 1.56. The largest absolute Gasteiger partial charge is 0.324 e. The molecule has 0 fully saturated rings. The molecule has 2 aromatic carbocycles. The summed E-state index contributed by atoms with van der Waals surface area (Å²) in [6, 6.07) is 19.2. The normalized spacial score (nSPS) is 11.8. The van der Waals surface area contributed by atoms with Crippen molar-refractivity contribution in [3.63, 3.8) is 0 Å². The summed E-state index contributed by atoms with van der Waals surface area (Å²) in [7, 11) is 0. The van der Waals surface area contributed by atoms with E-state index in [1.54, 1.807) is 47.9 Å². The van der Waals surface area contributed by atoms with Crippen LogP contribution in [0.5, 0.6) is 0 Å². The van der Waals surface area contributed by atoms with Crippen LogP contribution in [0, 0.1) is 4.77 Å². The number of carbonyl (C=O) groups excluding carboxylic acids is 2. The van der Waals surface area contributed by atoms with E-state index in [2.05, 4.69) is 15.5 Å². The van der Waals surface area contributed by atoms with Crippen LogP contribution in [0.25, 0.3) is 10.7 Å². The summed E-state index contributed by atoms with van der Waals surface area (Å²) in [4.78, 5) is 26.5. The maximum atomic E-state index is 12.9. The van der Waals surface area contributed by atoms with E-state index in [9.17, 15) is 9.59 Å². The van der Waals surface area contributed by atoms with E-state index >= 15 is 0 Å². The number of thiophene rings is 1. The summed E-state index contributed by atoms with van der Waals surface area (Å²) >= 11 is 6.86. The number of H-pyrrole nitrogens is 1. The lowest BCUT2D eigenvalue weighted by Gasteiger charge is -2.15. The van der Waals surface area contributed by atoms with Crippen molar-refractivity contribution in [2.45, 2.75) is 13.0 Å². The van der Waals surface area contributed by atoms with Crippen molar-refractivity contribution in [1.29, 1.82) is 0 Å². The molecule has 0 radical (unpaired) electrons. The van der Waals surface area contributed by atoms with Crippen LogP contribution < -0.4 is 5.32 Å². The average Bonchev–Trinajstić information content (AvgIpc) is 3.43. The van der Waals surface area contributed by atoms with Gasteiger partial charge < -0.3 is 5.32 Å². The zero-order valence-corrected chi connectivity index (χ0v) is 17.7. The first-order chi connectivity index (χ1) is 14.5. The maximum absolute atomic E-state index is 12.9. The molecule has 0 saturated heterocycles. The first-order valence-electron chi connectivity index (χ1n) is 9.26. The van der Waals surface area contributed by atoms with E-state index in [0.29, 0.717) is 27.4 Å². The van der Waals surface area contributed by atoms with Crippen molar-refractivity contribution in [2.24, 2.45) is 0 Å². The highest BCUT2D eigenvalue weighted by Gasteiger charge is 2.21. The lowest BCUT2D eigenvalue weighted by Crippen LogP contribution is -2.24. The molecule has 6 nitrogen and oxygen atoms in total. The molecule has 150 valence electrons. The number of nitrogens with zero attached hydrogens (tertiary/aromatic N) is 2. The van der Waals surface area contributed by atoms with Crippen LogP contribution in [-0.2, 0) is 4.79 Å². The number of rotatable bonds is 6. The van der Waals surface area contributed by atoms with Crippen molar-refractivity contribution >= 4 is 40.9 Å². The minimum Gasteiger partial charge on any atom is -0.324 e. The highest BCUT2D eigenvalue weighted by Crippen LogP contribution is 2.26. The Morgan fingerprint density at radius 3 is 2.57 bits per heavy atom. The molecule has 0 bridgehead atoms. The van der Waals surface area contributed by atoms with Crippen LogP contribution in [0.15, 0.2) is 72.1 Å². The van der Waals surface area contributed by atoms with Gasteiger partial charge >= 0.3 is 0 Å². The molecule has 0 saturated carbocycles. The predicted molar refractivity (Wildman–Crippen MR) is 120 cm³/mol. The van der Waals surface area contributed by atoms with Gasteiger partial charge in [-0.1, -0.05) is 48.5 Å². The van der Waals surface area contributed by atoms with E-state index in [0.717, 1.165) is 4.88 Å². The number of nitrogens with one attached hydrogen (secondary N) is 2. The molecule has 1 unspecified atom stereocenters. The number of benzene rings is 2. The highest BCUT2D eigenvalue weighted by molar-refractivity contribution is 7.71. The monoisotopic (exact) mass is 434 g/mol. The van der Waals surface area contributed by atoms with Crippen LogP contribution in [0.4, 0.5) is 5.69 Å². The summed E-state index contributed by atoms with van der Waals surface area (Å²) in [6.45, 7) is 1.76. The molecule has 30 heavy (non-hydrogen) atoms. The zero-order chi connectivity index (χ0) is 21.1. The summed E-state index contributed by atoms with van der Waals surface area (Å²) in [6.07, 6.45) is 0. The average molecular weight is 435 g/mol. The van der Waals surface area contributed by atoms with Gasteiger partial charge in [0.2, 0.25) is 5.91 Å². The van der Waals surface area contributed by atoms with Gasteiger partial charge in [-0.25, -0.2) is 0 Å². The van der Waals surface area contributed by atoms with Crippen molar-refractivity contribution in [2.75, 3.05) is 5.32 Å². The van der Waals surface area contributed by atoms with Crippen molar-refractivity contribution in [3.8, 4) is 10.7 Å². The lowest BCUT2D eigenvalue weighted by atomic mass is 10.0. The zero-order valence-electron chi connectivity index (χ0n) is 16.0. The van der Waals surface area contributed by atoms with Gasteiger partial charge in [0, 0.05) is 16.8 Å². The van der Waals surface area contributed by atoms with Gasteiger partial charge in [-0.05, 0) is 42.7 Å². The van der Waals surface area contributed by atoms with Crippen LogP contribution in [-0.4, -0.2) is 26.5 Å². The van der Waals surface area contributed by atoms with Crippen molar-refractivity contribution in [1.82, 2.24) is 14.8 Å². The number of aromatic amines is 1. The summed E-state index contributed by atoms with van der Waals surface area (Å²) in [5.41, 5.74) is 1.65. The highest BCUT2D eigenvalue weighted by atomic mass is 32.1. The van der Waals surface area contributed by atoms with Gasteiger partial charge in [-0.3, -0.25) is 19.3 Å². The SMILES string of the molecule is CC(C(=O)Nc1cccc(C(=O)c2ccccc2)c1)n1c(-c2cccs2)n[nH]c1=S. The number of amides is 1. The van der Waals surface area contributed by atoms with Crippen LogP contribution >= 0.6 is 23.6 Å². The topological polar surface area (TPSA) is 79.8 Å². The fourth-order valence-electron chi connectivity index (χ4n) is 3.10. The second-order valence-corrected chi connectivity index (χ2v) is 7.98. The van der Waals surface area contributed by atoms with Gasteiger partial charge in [-0.2, -0.15) is 5.10 Å². The van der Waals surface area contributed by atoms with E-state index in [-0.39, 0.29) is 11.7 Å². The molecule has 0 aliphatic rings. The van der Waals surface area contributed by atoms with Crippen molar-refractivity contribution < 1.29 is 9.59 Å². The second-order valence-electron chi connectivity index (χ2n) is 6.64. The van der Waals surface area contributed by atoms with Crippen LogP contribution in [0.1, 0.15) is 28.9 Å². The number of anilines is 1. The molecule has 0 aliphatic carbocycles. The molecule has 2 aromatic heterocycles. The van der Waals surface area contributed by atoms with E-state index < -0.39 is 6.04 Å². The van der Waals surface area contributed by atoms with Gasteiger partial charge in [0.1, 0.15) is 6.04 Å². The number of aromatic nitrogens is 3. The molecule has 0 aliphatic heterocycles. The minimum absolute atomic E-state index is 0.100. The quantitative estimate of drug-likeness (QED) is 0.327. The van der Waals surface area contributed by atoms with Gasteiger partial charge in [0.25, 0.3) is 0 Å². The Labute approximate surface area is 182 Å². The molecule has 2 N–H and O–H groups in total. The number of hydrogen-bond donors (Lipinski definition) is 2. The predicted octanol–water partition coefficient (Wildman–Crippen LogP) is 5.10. The van der Waals surface area contributed by atoms with Crippen molar-refractivity contribution in [3.05, 3.63) is 88.0 Å². The Morgan fingerprint density at radius 1 is 1.07 bits per heavy atom. The van der Waals surface area contributed by atoms with Gasteiger partial charge in [0.15, 0.2) is 16.4 Å². The number of carbonyl (C=O) groups is 2. The standard InChI is InChI=1S/C22H18N4O2S2/c1-14(26-20(24-25-22(26)29)18-11-6-12-30-18)21(28)23-17-10-5-9-16(13-17)19(27)15-7-3-2-4-8-15/h2-14H,1H3,(H,23,28)(H,25,29). The third-order valence-corrected chi connectivity index (χ3v) is 5.79. The smallest absolute Gasteiger partial charge is 0.247 e. The molecular formula is C22H18N4O2S2. The Morgan fingerprint density at radius 2 is 1.83 bits per heavy atom. The number of ketones is 1. The van der Waals surface area contributed by atoms with Crippen LogP contribution in [0.2, 0.25) is 0 Å². The third kappa shape index (κ3) is 4.00. The first-order valence-corrected chi connectivity index (χ1v) is 10.5. The summed E-state index contributed by atoms with van der Waals surface area (Å²) in [5.74, 6) is 0.261. The van der Waals surface area contributed by atoms with E-state index in [1.165, 1.54) is 11.3 Å². The molecule has 8 heteroatoms. The van der Waals surface area contributed by atoms with Gasteiger partial charge in [0.05, 0.1) is 4.88 Å². The van der Waals surface area contributed by atoms with E-state index in [4.69, 9.17) is 12.2 Å². The molecular weight excluding hydrogens is 416 g/mol. The molecule has 2 heterocycles. The molecule has 4 aromatic rings. The van der Waals surface area contributed by atoms with E-state index in [1.807, 2.05) is 35.7 Å². The fourth-order valence-corrected chi connectivity index (χ4v) is 4.10. The Kier molecular flexibility index (Phi) is 5.69. The number of hydrogen-bond acceptors (Lipinski definition) is 5. The molecule has 1 atom stereocenters. The maximum Gasteiger partial charge on any atom is 0.247 e.